The zero-order chi connectivity index (χ0) is 19.7. The first-order valence-corrected chi connectivity index (χ1v) is 8.90. The summed E-state index contributed by atoms with van der Waals surface area (Å²) in [6.07, 6.45) is 3.73. The van der Waals surface area contributed by atoms with Gasteiger partial charge in [-0.15, -0.1) is 0 Å². The number of pyridine rings is 1. The van der Waals surface area contributed by atoms with Crippen LogP contribution >= 0.6 is 13.5 Å². The van der Waals surface area contributed by atoms with Crippen molar-refractivity contribution < 1.29 is 19.4 Å². The third-order valence-electron chi connectivity index (χ3n) is 4.96. The first kappa shape index (κ1) is 21.0. The van der Waals surface area contributed by atoms with Crippen molar-refractivity contribution in [1.82, 2.24) is 10.5 Å². The average molecular weight is 409 g/mol. The van der Waals surface area contributed by atoms with E-state index in [1.807, 2.05) is 24.3 Å². The summed E-state index contributed by atoms with van der Waals surface area (Å²) in [5, 5.41) is 12.0. The van der Waals surface area contributed by atoms with E-state index in [1.54, 1.807) is 30.6 Å². The Bertz CT molecular complexity index is 1080. The highest BCUT2D eigenvalue weighted by molar-refractivity contribution is 7.59. The molecule has 0 saturated carbocycles. The van der Waals surface area contributed by atoms with Gasteiger partial charge in [0.15, 0.2) is 0 Å². The van der Waals surface area contributed by atoms with Gasteiger partial charge in [0.2, 0.25) is 0 Å². The van der Waals surface area contributed by atoms with E-state index in [1.165, 1.54) is 0 Å². The standard InChI is InChI=1S/C20H18BN3O4.H2S/c22-10-17(14-3-4-16-18(9-14)21(27)28-24-20(16)26)19(25)8-12-1-2-15-11-23-6-5-13(15)7-12;/h1-7,9,11,17,27H,8,10,22H2,(H,24,26);1H2/t17-;/m1./s1. The van der Waals surface area contributed by atoms with E-state index in [-0.39, 0.29) is 32.2 Å². The minimum absolute atomic E-state index is 0. The van der Waals surface area contributed by atoms with Gasteiger partial charge in [-0.05, 0) is 34.1 Å². The molecule has 1 aliphatic rings. The van der Waals surface area contributed by atoms with Gasteiger partial charge in [0.25, 0.3) is 5.91 Å². The van der Waals surface area contributed by atoms with E-state index in [2.05, 4.69) is 10.5 Å². The van der Waals surface area contributed by atoms with Crippen LogP contribution in [0, 0.1) is 0 Å². The Morgan fingerprint density at radius 1 is 1.21 bits per heavy atom. The lowest BCUT2D eigenvalue weighted by Crippen LogP contribution is -2.50. The maximum Gasteiger partial charge on any atom is 0.515 e. The topological polar surface area (TPSA) is 115 Å². The molecule has 29 heavy (non-hydrogen) atoms. The van der Waals surface area contributed by atoms with Gasteiger partial charge in [0, 0.05) is 36.3 Å². The number of carbonyl (C=O) groups excluding carboxylic acids is 2. The van der Waals surface area contributed by atoms with Crippen LogP contribution in [0.5, 0.6) is 0 Å². The van der Waals surface area contributed by atoms with E-state index in [4.69, 9.17) is 10.5 Å². The number of amides is 1. The third-order valence-corrected chi connectivity index (χ3v) is 4.96. The summed E-state index contributed by atoms with van der Waals surface area (Å²) in [6.45, 7) is 0.123. The van der Waals surface area contributed by atoms with Gasteiger partial charge >= 0.3 is 7.12 Å². The monoisotopic (exact) mass is 409 g/mol. The van der Waals surface area contributed by atoms with Gasteiger partial charge in [-0.25, -0.2) is 5.48 Å². The van der Waals surface area contributed by atoms with Crippen molar-refractivity contribution in [3.63, 3.8) is 0 Å². The van der Waals surface area contributed by atoms with Gasteiger partial charge in [0.1, 0.15) is 5.78 Å². The molecule has 2 heterocycles. The van der Waals surface area contributed by atoms with E-state index in [0.717, 1.165) is 16.3 Å². The van der Waals surface area contributed by atoms with Crippen LogP contribution < -0.4 is 16.7 Å². The number of hydroxylamine groups is 1. The summed E-state index contributed by atoms with van der Waals surface area (Å²) < 4.78 is 4.82. The number of ketones is 1. The summed E-state index contributed by atoms with van der Waals surface area (Å²) in [6, 6.07) is 12.6. The fourth-order valence-electron chi connectivity index (χ4n) is 3.46. The van der Waals surface area contributed by atoms with Crippen LogP contribution in [0.1, 0.15) is 27.4 Å². The highest BCUT2D eigenvalue weighted by Crippen LogP contribution is 2.21. The molecular weight excluding hydrogens is 389 g/mol. The van der Waals surface area contributed by atoms with E-state index in [0.29, 0.717) is 16.6 Å². The van der Waals surface area contributed by atoms with Crippen LogP contribution in [0.3, 0.4) is 0 Å². The quantitative estimate of drug-likeness (QED) is 0.531. The van der Waals surface area contributed by atoms with Crippen LogP contribution in [0.2, 0.25) is 0 Å². The van der Waals surface area contributed by atoms with Crippen LogP contribution in [0.15, 0.2) is 54.9 Å². The fourth-order valence-corrected chi connectivity index (χ4v) is 3.46. The number of carbonyl (C=O) groups is 2. The Balaban J connectivity index is 0.00000240. The summed E-state index contributed by atoms with van der Waals surface area (Å²) in [7, 11) is -1.28. The Morgan fingerprint density at radius 3 is 2.83 bits per heavy atom. The van der Waals surface area contributed by atoms with Crippen LogP contribution in [0.25, 0.3) is 10.8 Å². The molecule has 4 rings (SSSR count). The largest absolute Gasteiger partial charge is 0.515 e. The zero-order valence-electron chi connectivity index (χ0n) is 15.5. The molecule has 1 atom stereocenters. The van der Waals surface area contributed by atoms with Crippen molar-refractivity contribution in [3.8, 4) is 0 Å². The molecule has 0 unspecified atom stereocenters. The highest BCUT2D eigenvalue weighted by atomic mass is 32.1. The Morgan fingerprint density at radius 2 is 2.03 bits per heavy atom. The van der Waals surface area contributed by atoms with Crippen molar-refractivity contribution in [3.05, 3.63) is 71.5 Å². The first-order chi connectivity index (χ1) is 13.6. The van der Waals surface area contributed by atoms with Gasteiger partial charge in [-0.2, -0.15) is 13.5 Å². The van der Waals surface area contributed by atoms with Crippen molar-refractivity contribution >= 4 is 48.5 Å². The lowest BCUT2D eigenvalue weighted by Gasteiger charge is -2.21. The molecule has 0 spiro atoms. The van der Waals surface area contributed by atoms with Crippen LogP contribution in [-0.2, 0) is 16.0 Å². The summed E-state index contributed by atoms with van der Waals surface area (Å²) in [5.41, 5.74) is 10.2. The van der Waals surface area contributed by atoms with Crippen molar-refractivity contribution in [1.29, 1.82) is 0 Å². The van der Waals surface area contributed by atoms with Gasteiger partial charge in [0.05, 0.1) is 5.92 Å². The normalized spacial score (nSPS) is 14.0. The minimum Gasteiger partial charge on any atom is -0.422 e. The number of Topliss-reactive ketones (excluding diaryl/α,β-unsaturated/α-hetero) is 1. The summed E-state index contributed by atoms with van der Waals surface area (Å²) >= 11 is 0. The number of aromatic nitrogens is 1. The first-order valence-electron chi connectivity index (χ1n) is 8.90. The minimum atomic E-state index is -1.28. The maximum atomic E-state index is 12.9. The number of hydrogen-bond donors (Lipinski definition) is 3. The number of nitrogens with zero attached hydrogens (tertiary/aromatic N) is 1. The molecule has 9 heteroatoms. The lowest BCUT2D eigenvalue weighted by molar-refractivity contribution is -0.119. The fraction of sp³-hybridized carbons (Fsp3) is 0.150. The molecular formula is C20H20BN3O4S. The molecule has 4 N–H and O–H groups in total. The molecule has 0 aliphatic carbocycles. The number of hydrogen-bond acceptors (Lipinski definition) is 6. The van der Waals surface area contributed by atoms with E-state index < -0.39 is 18.9 Å². The second kappa shape index (κ2) is 8.75. The molecule has 0 bridgehead atoms. The molecule has 1 aliphatic heterocycles. The highest BCUT2D eigenvalue weighted by Gasteiger charge is 2.31. The van der Waals surface area contributed by atoms with E-state index in [9.17, 15) is 14.6 Å². The van der Waals surface area contributed by atoms with Crippen molar-refractivity contribution in [2.24, 2.45) is 5.73 Å². The van der Waals surface area contributed by atoms with Gasteiger partial charge in [-0.1, -0.05) is 30.3 Å². The molecule has 1 amide bonds. The number of fused-ring (bicyclic) bond motifs is 2. The van der Waals surface area contributed by atoms with Crippen LogP contribution in [0.4, 0.5) is 0 Å². The molecule has 148 valence electrons. The number of rotatable bonds is 5. The zero-order valence-corrected chi connectivity index (χ0v) is 16.5. The molecule has 1 aromatic heterocycles. The maximum absolute atomic E-state index is 12.9. The second-order valence-electron chi connectivity index (χ2n) is 6.74. The molecule has 2 aromatic carbocycles. The van der Waals surface area contributed by atoms with E-state index >= 15 is 0 Å². The van der Waals surface area contributed by atoms with Gasteiger partial charge in [-0.3, -0.25) is 19.3 Å². The Labute approximate surface area is 174 Å². The predicted octanol–water partition coefficient (Wildman–Crippen LogP) is 0.564. The Kier molecular flexibility index (Phi) is 6.34. The summed E-state index contributed by atoms with van der Waals surface area (Å²) in [4.78, 5) is 28.8. The molecule has 7 nitrogen and oxygen atoms in total. The molecule has 0 saturated heterocycles. The second-order valence-corrected chi connectivity index (χ2v) is 6.74. The molecule has 0 radical (unpaired) electrons. The van der Waals surface area contributed by atoms with Crippen molar-refractivity contribution in [2.75, 3.05) is 6.54 Å². The lowest BCUT2D eigenvalue weighted by atomic mass is 9.73. The summed E-state index contributed by atoms with van der Waals surface area (Å²) in [5.74, 6) is -1.02. The number of benzene rings is 2. The number of nitrogens with one attached hydrogen (secondary N) is 1. The molecule has 3 aromatic rings. The third kappa shape index (κ3) is 4.18. The average Bonchev–Trinajstić information content (AvgIpc) is 2.71. The van der Waals surface area contributed by atoms with Crippen molar-refractivity contribution in [2.45, 2.75) is 12.3 Å². The number of nitrogens with two attached hydrogens (primary N) is 1. The molecule has 0 fully saturated rings. The SMILES string of the molecule is NC[C@@H](C(=O)Cc1ccc2cnccc2c1)c1ccc2c(c1)B(O)ONC2=O.S. The van der Waals surface area contributed by atoms with Gasteiger partial charge < -0.3 is 10.8 Å². The van der Waals surface area contributed by atoms with Crippen LogP contribution in [-0.4, -0.2) is 35.4 Å². The Hall–Kier alpha value is -2.72. The predicted molar refractivity (Wildman–Crippen MR) is 115 cm³/mol. The smallest absolute Gasteiger partial charge is 0.422 e.